The van der Waals surface area contributed by atoms with Crippen molar-refractivity contribution in [1.82, 2.24) is 4.90 Å². The van der Waals surface area contributed by atoms with Crippen LogP contribution in [-0.2, 0) is 21.3 Å². The fraction of sp³-hybridized carbons (Fsp3) is 0.739. The number of phenols is 1. The van der Waals surface area contributed by atoms with Crippen LogP contribution in [0.2, 0.25) is 0 Å². The number of likely N-dealkylation sites (N-methyl/N-ethyl adjacent to an activating group) is 1. The minimum atomic E-state index is -0.929. The largest absolute Gasteiger partial charge is 0.504 e. The maximum atomic E-state index is 12.2. The van der Waals surface area contributed by atoms with Gasteiger partial charge in [0.1, 0.15) is 0 Å². The molecule has 1 aromatic rings. The molecule has 1 saturated carbocycles. The first-order valence-corrected chi connectivity index (χ1v) is 10.8. The number of hydrogen-bond donors (Lipinski definition) is 2. The molecular formula is C23H33NO5. The van der Waals surface area contributed by atoms with E-state index < -0.39 is 16.8 Å². The Bertz CT molecular complexity index is 829. The lowest BCUT2D eigenvalue weighted by Crippen LogP contribution is -2.75. The van der Waals surface area contributed by atoms with E-state index in [4.69, 9.17) is 14.2 Å². The minimum absolute atomic E-state index is 0.0121. The van der Waals surface area contributed by atoms with Crippen molar-refractivity contribution in [3.63, 3.8) is 0 Å². The van der Waals surface area contributed by atoms with Gasteiger partial charge in [-0.25, -0.2) is 0 Å². The van der Waals surface area contributed by atoms with E-state index in [0.29, 0.717) is 38.2 Å². The molecule has 0 aromatic heterocycles. The second kappa shape index (κ2) is 6.10. The van der Waals surface area contributed by atoms with E-state index >= 15 is 0 Å². The highest BCUT2D eigenvalue weighted by atomic mass is 16.7. The van der Waals surface area contributed by atoms with E-state index in [0.717, 1.165) is 30.5 Å². The fourth-order valence-electron chi connectivity index (χ4n) is 6.43. The quantitative estimate of drug-likeness (QED) is 0.751. The number of benzene rings is 1. The van der Waals surface area contributed by atoms with Gasteiger partial charge in [-0.1, -0.05) is 19.9 Å². The third kappa shape index (κ3) is 2.55. The minimum Gasteiger partial charge on any atom is -0.504 e. The highest BCUT2D eigenvalue weighted by Crippen LogP contribution is 2.63. The average Bonchev–Trinajstić information content (AvgIpc) is 2.68. The molecule has 6 nitrogen and oxygen atoms in total. The molecule has 1 spiro atoms. The summed E-state index contributed by atoms with van der Waals surface area (Å²) >= 11 is 0. The zero-order valence-electron chi connectivity index (χ0n) is 18.0. The molecule has 1 unspecified atom stereocenters. The van der Waals surface area contributed by atoms with Gasteiger partial charge in [-0.05, 0) is 44.5 Å². The van der Waals surface area contributed by atoms with Crippen LogP contribution in [0.5, 0.6) is 11.5 Å². The number of nitrogens with zero attached hydrogens (tertiary/aromatic N) is 1. The van der Waals surface area contributed by atoms with E-state index in [1.807, 2.05) is 12.1 Å². The van der Waals surface area contributed by atoms with Gasteiger partial charge in [0.2, 0.25) is 0 Å². The normalized spacial score (nSPS) is 37.6. The summed E-state index contributed by atoms with van der Waals surface area (Å²) in [6.07, 6.45) is 3.31. The van der Waals surface area contributed by atoms with Crippen molar-refractivity contribution in [3.8, 4) is 11.5 Å². The van der Waals surface area contributed by atoms with E-state index in [-0.39, 0.29) is 17.2 Å². The molecule has 2 saturated heterocycles. The first kappa shape index (κ1) is 19.6. The summed E-state index contributed by atoms with van der Waals surface area (Å²) in [5, 5.41) is 23.4. The number of aromatic hydroxyl groups is 1. The predicted octanol–water partition coefficient (Wildman–Crippen LogP) is 2.58. The number of piperidine rings is 1. The Morgan fingerprint density at radius 2 is 1.86 bits per heavy atom. The Morgan fingerprint density at radius 1 is 1.14 bits per heavy atom. The smallest absolute Gasteiger partial charge is 0.169 e. The molecule has 3 fully saturated rings. The molecule has 6 heteroatoms. The lowest BCUT2D eigenvalue weighted by Gasteiger charge is -2.66. The van der Waals surface area contributed by atoms with Gasteiger partial charge < -0.3 is 29.3 Å². The maximum absolute atomic E-state index is 12.2. The number of phenolic OH excluding ortho intramolecular Hbond substituents is 1. The van der Waals surface area contributed by atoms with Crippen LogP contribution in [0.4, 0.5) is 0 Å². The number of ether oxygens (including phenoxy) is 3. The van der Waals surface area contributed by atoms with Crippen molar-refractivity contribution in [2.75, 3.05) is 33.9 Å². The van der Waals surface area contributed by atoms with Crippen LogP contribution >= 0.6 is 0 Å². The second-order valence-corrected chi connectivity index (χ2v) is 10.4. The topological polar surface area (TPSA) is 71.4 Å². The molecule has 2 aliphatic heterocycles. The van der Waals surface area contributed by atoms with Crippen LogP contribution in [0, 0.1) is 5.41 Å². The maximum Gasteiger partial charge on any atom is 0.169 e. The van der Waals surface area contributed by atoms with Crippen molar-refractivity contribution in [2.45, 2.75) is 68.8 Å². The molecule has 29 heavy (non-hydrogen) atoms. The van der Waals surface area contributed by atoms with Crippen LogP contribution in [-0.4, -0.2) is 66.5 Å². The van der Waals surface area contributed by atoms with Crippen molar-refractivity contribution >= 4 is 0 Å². The zero-order valence-corrected chi connectivity index (χ0v) is 18.0. The highest BCUT2D eigenvalue weighted by molar-refractivity contribution is 5.58. The second-order valence-electron chi connectivity index (χ2n) is 10.4. The number of hydrogen-bond acceptors (Lipinski definition) is 6. The number of aliphatic hydroxyl groups is 1. The van der Waals surface area contributed by atoms with Crippen LogP contribution in [0.25, 0.3) is 0 Å². The highest BCUT2D eigenvalue weighted by Gasteiger charge is 2.68. The Balaban J connectivity index is 1.66. The van der Waals surface area contributed by atoms with Gasteiger partial charge in [0.05, 0.1) is 25.9 Å². The molecule has 2 heterocycles. The standard InChI is InChI=1S/C23H33NO5/c1-20(2)13-28-22(29-14-20)7-8-23(26)17-11-15-5-6-16(27-4)19(25)18(15)21(23,12-22)9-10-24(17)3/h5-6,17,25-26H,7-14H2,1-4H3/t17-,21-,23?/m1/s1. The molecule has 5 rings (SSSR count). The monoisotopic (exact) mass is 403 g/mol. The van der Waals surface area contributed by atoms with E-state index in [9.17, 15) is 10.2 Å². The molecule has 4 aliphatic rings. The Hall–Kier alpha value is -1.34. The van der Waals surface area contributed by atoms with E-state index in [1.54, 1.807) is 7.11 Å². The lowest BCUT2D eigenvalue weighted by molar-refractivity contribution is -0.340. The van der Waals surface area contributed by atoms with Gasteiger partial charge in [0, 0.05) is 35.3 Å². The molecule has 1 aromatic carbocycles. The Morgan fingerprint density at radius 3 is 2.55 bits per heavy atom. The Labute approximate surface area is 172 Å². The summed E-state index contributed by atoms with van der Waals surface area (Å²) < 4.78 is 18.2. The first-order chi connectivity index (χ1) is 13.7. The van der Waals surface area contributed by atoms with Gasteiger partial charge >= 0.3 is 0 Å². The zero-order chi connectivity index (χ0) is 20.7. The summed E-state index contributed by atoms with van der Waals surface area (Å²) in [6, 6.07) is 3.91. The fourth-order valence-corrected chi connectivity index (χ4v) is 6.43. The molecule has 3 atom stereocenters. The third-order valence-electron chi connectivity index (χ3n) is 8.05. The number of fused-ring (bicyclic) bond motifs is 1. The predicted molar refractivity (Wildman–Crippen MR) is 108 cm³/mol. The van der Waals surface area contributed by atoms with Crippen molar-refractivity contribution in [1.29, 1.82) is 0 Å². The summed E-state index contributed by atoms with van der Waals surface area (Å²) in [7, 11) is 3.67. The number of methoxy groups -OCH3 is 1. The number of rotatable bonds is 1. The average molecular weight is 404 g/mol. The van der Waals surface area contributed by atoms with E-state index in [2.05, 4.69) is 25.8 Å². The van der Waals surface area contributed by atoms with Gasteiger partial charge in [-0.15, -0.1) is 0 Å². The van der Waals surface area contributed by atoms with Crippen LogP contribution in [0.15, 0.2) is 12.1 Å². The van der Waals surface area contributed by atoms with Gasteiger partial charge in [0.15, 0.2) is 17.3 Å². The molecule has 0 radical (unpaired) electrons. The van der Waals surface area contributed by atoms with Gasteiger partial charge in [-0.3, -0.25) is 0 Å². The van der Waals surface area contributed by atoms with Crippen molar-refractivity contribution < 1.29 is 24.4 Å². The molecule has 2 aliphatic carbocycles. The molecule has 160 valence electrons. The summed E-state index contributed by atoms with van der Waals surface area (Å²) in [4.78, 5) is 2.28. The molecule has 2 N–H and O–H groups in total. The van der Waals surface area contributed by atoms with E-state index in [1.165, 1.54) is 0 Å². The van der Waals surface area contributed by atoms with Crippen LogP contribution in [0.1, 0.15) is 50.7 Å². The first-order valence-electron chi connectivity index (χ1n) is 10.8. The van der Waals surface area contributed by atoms with Gasteiger partial charge in [0.25, 0.3) is 0 Å². The summed E-state index contributed by atoms with van der Waals surface area (Å²) in [6.45, 7) is 6.44. The van der Waals surface area contributed by atoms with Crippen molar-refractivity contribution in [2.24, 2.45) is 5.41 Å². The molecular weight excluding hydrogens is 370 g/mol. The Kier molecular flexibility index (Phi) is 4.12. The van der Waals surface area contributed by atoms with Crippen LogP contribution in [0.3, 0.4) is 0 Å². The summed E-state index contributed by atoms with van der Waals surface area (Å²) in [5.74, 6) is -0.0736. The third-order valence-corrected chi connectivity index (χ3v) is 8.05. The van der Waals surface area contributed by atoms with Crippen LogP contribution < -0.4 is 4.74 Å². The lowest BCUT2D eigenvalue weighted by atomic mass is 9.48. The molecule has 2 bridgehead atoms. The SMILES string of the molecule is COc1ccc2c(c1O)[C@]13CCN(C)[C@H](C2)C1(O)CCC1(C3)OCC(C)(C)CO1. The summed E-state index contributed by atoms with van der Waals surface area (Å²) in [5.41, 5.74) is 0.386. The number of likely N-dealkylation sites (tertiary alicyclic amines) is 1. The molecule has 0 amide bonds. The van der Waals surface area contributed by atoms with Gasteiger partial charge in [-0.2, -0.15) is 0 Å². The van der Waals surface area contributed by atoms with Crippen molar-refractivity contribution in [3.05, 3.63) is 23.3 Å².